The lowest BCUT2D eigenvalue weighted by atomic mass is 9.98. The average molecular weight is 1320 g/mol. The third-order valence-corrected chi connectivity index (χ3v) is 20.2. The van der Waals surface area contributed by atoms with Crippen LogP contribution in [-0.4, -0.2) is 151 Å². The van der Waals surface area contributed by atoms with Gasteiger partial charge >= 0.3 is 0 Å². The maximum Gasteiger partial charge on any atom is 0.124 e. The van der Waals surface area contributed by atoms with Crippen LogP contribution >= 0.6 is 0 Å². The van der Waals surface area contributed by atoms with Gasteiger partial charge in [0.15, 0.2) is 0 Å². The molecule has 524 valence electrons. The summed E-state index contributed by atoms with van der Waals surface area (Å²) in [7, 11) is 17.3. The minimum atomic E-state index is 0.798. The van der Waals surface area contributed by atoms with Crippen LogP contribution < -0.4 is 19.3 Å². The molecule has 0 fully saturated rings. The Morgan fingerprint density at radius 3 is 1.15 bits per heavy atom. The van der Waals surface area contributed by atoms with Crippen molar-refractivity contribution in [2.24, 2.45) is 0 Å². The summed E-state index contributed by atoms with van der Waals surface area (Å²) in [6.07, 6.45) is 9.96. The summed E-state index contributed by atoms with van der Waals surface area (Å²) in [5.74, 6) is 2.11. The van der Waals surface area contributed by atoms with Crippen molar-refractivity contribution in [1.29, 1.82) is 0 Å². The second kappa shape index (κ2) is 36.7. The standard InChI is InChI=1S/C12H17N.2C11H15NO.4C11H15N.C10H13N/c1-10-3-4-11-5-7-13(2)8-6-12(11)9-10;1-9-3-4-11-10(7-9)8-12(2)5-6-13-11;1-9-3-4-10-8-12(2)5-6-13-11(10)7-9;1-9-3-4-11-8-12(2)6-5-10(11)7-9;1-9-3-4-10-5-6-12(2)8-11(10)7-9;1-9-5-6-11-10(8-9)4-3-7-12(11)2;1-9-5-6-10-4-3-7-12(2)11(10)8-9;1-8-3-4-9-6-11(2)7-10(9)5-8/h3-4,9H,5-8H2,1-2H3;2*3-4,7H,5-6,8H2,1-2H3;2*3-4,7H,5-6,8H2,1-2H3;2*5-6,8H,3-4,7H2,1-2H3;3-5H,6-7H2,1-2H3. The van der Waals surface area contributed by atoms with Gasteiger partial charge < -0.3 is 34.0 Å². The van der Waals surface area contributed by atoms with E-state index in [4.69, 9.17) is 9.47 Å². The Kier molecular flexibility index (Phi) is 28.1. The monoisotopic (exact) mass is 1320 g/mol. The highest BCUT2D eigenvalue weighted by atomic mass is 16.5. The van der Waals surface area contributed by atoms with Gasteiger partial charge in [-0.25, -0.2) is 0 Å². The highest BCUT2D eigenvalue weighted by Crippen LogP contribution is 2.30. The van der Waals surface area contributed by atoms with E-state index in [1.165, 1.54) is 191 Å². The Morgan fingerprint density at radius 1 is 0.224 bits per heavy atom. The van der Waals surface area contributed by atoms with Gasteiger partial charge in [0.25, 0.3) is 0 Å². The lowest BCUT2D eigenvalue weighted by molar-refractivity contribution is 0.259. The molecule has 0 atom stereocenters. The Bertz CT molecular complexity index is 3860. The minimum absolute atomic E-state index is 0.798. The number of ether oxygens (including phenoxy) is 2. The molecule has 0 bridgehead atoms. The average Bonchev–Trinajstić information content (AvgIpc) is 1.90. The molecule has 0 spiro atoms. The zero-order valence-electron chi connectivity index (χ0n) is 63.2. The number of hydrogen-bond acceptors (Lipinski definition) is 10. The fourth-order valence-corrected chi connectivity index (χ4v) is 14.4. The molecule has 0 amide bonds. The normalized spacial score (nSPS) is 17.1. The molecule has 0 saturated heterocycles. The van der Waals surface area contributed by atoms with Crippen LogP contribution in [0.5, 0.6) is 11.5 Å². The van der Waals surface area contributed by atoms with E-state index in [1.54, 1.807) is 22.3 Å². The largest absolute Gasteiger partial charge is 0.492 e. The quantitative estimate of drug-likeness (QED) is 0.147. The fourth-order valence-electron chi connectivity index (χ4n) is 14.4. The molecule has 0 radical (unpaired) electrons. The first kappa shape index (κ1) is 74.9. The van der Waals surface area contributed by atoms with Gasteiger partial charge in [-0.05, 0) is 240 Å². The van der Waals surface area contributed by atoms with E-state index in [0.717, 1.165) is 77.1 Å². The highest BCUT2D eigenvalue weighted by molar-refractivity contribution is 5.57. The number of anilines is 2. The first-order valence-electron chi connectivity index (χ1n) is 36.6. The van der Waals surface area contributed by atoms with Crippen molar-refractivity contribution < 1.29 is 9.47 Å². The molecule has 8 aliphatic rings. The van der Waals surface area contributed by atoms with Crippen LogP contribution in [0.4, 0.5) is 11.4 Å². The predicted molar refractivity (Wildman–Crippen MR) is 416 cm³/mol. The lowest BCUT2D eigenvalue weighted by Crippen LogP contribution is -2.26. The number of hydrogen-bond donors (Lipinski definition) is 0. The number of rotatable bonds is 0. The molecule has 16 rings (SSSR count). The van der Waals surface area contributed by atoms with E-state index in [0.29, 0.717) is 0 Å². The van der Waals surface area contributed by atoms with Crippen LogP contribution in [0.1, 0.15) is 124 Å². The Hall–Kier alpha value is -7.28. The van der Waals surface area contributed by atoms with Crippen LogP contribution in [0.25, 0.3) is 0 Å². The summed E-state index contributed by atoms with van der Waals surface area (Å²) in [4.78, 5) is 18.8. The van der Waals surface area contributed by atoms with Crippen molar-refractivity contribution in [2.75, 3.05) is 132 Å². The molecule has 0 aromatic heterocycles. The fraction of sp³-hybridized carbons (Fsp3) is 0.455. The van der Waals surface area contributed by atoms with E-state index >= 15 is 0 Å². The smallest absolute Gasteiger partial charge is 0.124 e. The van der Waals surface area contributed by atoms with Gasteiger partial charge in [-0.2, -0.15) is 0 Å². The van der Waals surface area contributed by atoms with E-state index in [9.17, 15) is 0 Å². The summed E-state index contributed by atoms with van der Waals surface area (Å²) in [5.41, 5.74) is 31.6. The Morgan fingerprint density at radius 2 is 0.561 bits per heavy atom. The van der Waals surface area contributed by atoms with Crippen molar-refractivity contribution in [3.05, 3.63) is 257 Å². The molecule has 0 N–H and O–H groups in total. The molecular formula is C88H120N8O2. The van der Waals surface area contributed by atoms with Crippen LogP contribution in [0.2, 0.25) is 0 Å². The van der Waals surface area contributed by atoms with E-state index in [-0.39, 0.29) is 0 Å². The molecule has 0 unspecified atom stereocenters. The number of fused-ring (bicyclic) bond motifs is 8. The maximum absolute atomic E-state index is 5.66. The SMILES string of the molecule is Cc1ccc2c(c1)CCCN2C.Cc1ccc2c(c1)CCN(C)C2.Cc1ccc2c(c1)CCN(C)CC2.Cc1ccc2c(c1)CN(C)C2.Cc1ccc2c(c1)CN(C)CC2.Cc1ccc2c(c1)CN(C)CCO2.Cc1ccc2c(c1)N(C)CCC2.Cc1ccc2c(c1)OCCN(C)C2. The van der Waals surface area contributed by atoms with Gasteiger partial charge in [0.2, 0.25) is 0 Å². The van der Waals surface area contributed by atoms with Crippen LogP contribution in [0.15, 0.2) is 146 Å². The molecular weight excluding hydrogens is 1200 g/mol. The second-order valence-corrected chi connectivity index (χ2v) is 29.7. The molecule has 8 aliphatic heterocycles. The van der Waals surface area contributed by atoms with Crippen molar-refractivity contribution >= 4 is 11.4 Å². The number of nitrogens with zero attached hydrogens (tertiary/aromatic N) is 8. The van der Waals surface area contributed by atoms with Gasteiger partial charge in [0.05, 0.1) is 0 Å². The molecule has 98 heavy (non-hydrogen) atoms. The molecule has 8 aromatic rings. The molecule has 0 aliphatic carbocycles. The van der Waals surface area contributed by atoms with E-state index in [2.05, 4.69) is 297 Å². The third-order valence-electron chi connectivity index (χ3n) is 20.2. The van der Waals surface area contributed by atoms with Gasteiger partial charge in [-0.3, -0.25) is 14.7 Å². The zero-order chi connectivity index (χ0) is 69.8. The predicted octanol–water partition coefficient (Wildman–Crippen LogP) is 16.3. The van der Waals surface area contributed by atoms with Crippen molar-refractivity contribution in [1.82, 2.24) is 29.4 Å². The first-order chi connectivity index (χ1) is 47.1. The van der Waals surface area contributed by atoms with Crippen LogP contribution in [0.3, 0.4) is 0 Å². The van der Waals surface area contributed by atoms with Gasteiger partial charge in [-0.15, -0.1) is 0 Å². The highest BCUT2D eigenvalue weighted by Gasteiger charge is 2.19. The van der Waals surface area contributed by atoms with Gasteiger partial charge in [0.1, 0.15) is 24.7 Å². The van der Waals surface area contributed by atoms with Crippen molar-refractivity contribution in [3.8, 4) is 11.5 Å². The Balaban J connectivity index is 0.000000131. The number of aryl methyl sites for hydroxylation is 10. The maximum atomic E-state index is 5.66. The molecule has 10 nitrogen and oxygen atoms in total. The molecule has 10 heteroatoms. The van der Waals surface area contributed by atoms with Crippen LogP contribution in [-0.2, 0) is 77.8 Å². The summed E-state index contributed by atoms with van der Waals surface area (Å²) in [6.45, 7) is 34.5. The van der Waals surface area contributed by atoms with E-state index in [1.807, 2.05) is 0 Å². The topological polar surface area (TPSA) is 44.4 Å². The first-order valence-corrected chi connectivity index (χ1v) is 36.6. The number of benzene rings is 8. The summed E-state index contributed by atoms with van der Waals surface area (Å²) < 4.78 is 11.3. The van der Waals surface area contributed by atoms with Gasteiger partial charge in [0, 0.05) is 128 Å². The zero-order valence-corrected chi connectivity index (χ0v) is 63.2. The Labute approximate surface area is 593 Å². The summed E-state index contributed by atoms with van der Waals surface area (Å²) >= 11 is 0. The number of likely N-dealkylation sites (N-methyl/N-ethyl adjacent to an activating group) is 5. The second-order valence-electron chi connectivity index (χ2n) is 29.7. The van der Waals surface area contributed by atoms with Crippen LogP contribution in [0, 0.1) is 55.4 Å². The van der Waals surface area contributed by atoms with Gasteiger partial charge in [-0.1, -0.05) is 155 Å². The molecule has 0 saturated carbocycles. The minimum Gasteiger partial charge on any atom is -0.492 e. The summed E-state index contributed by atoms with van der Waals surface area (Å²) in [5, 5.41) is 0. The third kappa shape index (κ3) is 22.9. The van der Waals surface area contributed by atoms with Crippen molar-refractivity contribution in [3.63, 3.8) is 0 Å². The van der Waals surface area contributed by atoms with E-state index < -0.39 is 0 Å². The summed E-state index contributed by atoms with van der Waals surface area (Å²) in [6, 6.07) is 53.5. The molecule has 8 aromatic carbocycles. The lowest BCUT2D eigenvalue weighted by Gasteiger charge is -2.27. The van der Waals surface area contributed by atoms with Crippen molar-refractivity contribution in [2.45, 2.75) is 146 Å². The molecule has 8 heterocycles.